The van der Waals surface area contributed by atoms with Crippen LogP contribution in [-0.2, 0) is 14.8 Å². The van der Waals surface area contributed by atoms with Crippen LogP contribution in [0.4, 0.5) is 5.69 Å². The lowest BCUT2D eigenvalue weighted by molar-refractivity contribution is -0.124. The second kappa shape index (κ2) is 6.10. The Balaban J connectivity index is 1.78. The third-order valence-corrected chi connectivity index (χ3v) is 5.93. The lowest BCUT2D eigenvalue weighted by atomic mass is 10.2. The summed E-state index contributed by atoms with van der Waals surface area (Å²) >= 11 is 0. The number of nitrogens with two attached hydrogens (primary N) is 1. The van der Waals surface area contributed by atoms with Crippen molar-refractivity contribution in [1.82, 2.24) is 0 Å². The summed E-state index contributed by atoms with van der Waals surface area (Å²) in [6.45, 7) is 0.556. The normalized spacial score (nSPS) is 18.6. The Labute approximate surface area is 150 Å². The van der Waals surface area contributed by atoms with Gasteiger partial charge in [-0.1, -0.05) is 12.1 Å². The van der Waals surface area contributed by atoms with Crippen molar-refractivity contribution >= 4 is 21.6 Å². The molecule has 0 saturated heterocycles. The average molecular weight is 376 g/mol. The number of hydrogen-bond acceptors (Lipinski definition) is 6. The van der Waals surface area contributed by atoms with E-state index < -0.39 is 22.0 Å². The maximum absolute atomic E-state index is 13.2. The van der Waals surface area contributed by atoms with Gasteiger partial charge in [-0.15, -0.1) is 0 Å². The highest BCUT2D eigenvalue weighted by molar-refractivity contribution is 7.92. The van der Waals surface area contributed by atoms with Crippen LogP contribution in [0.15, 0.2) is 47.4 Å². The Kier molecular flexibility index (Phi) is 3.87. The number of benzene rings is 2. The van der Waals surface area contributed by atoms with Gasteiger partial charge in [0.1, 0.15) is 19.0 Å². The summed E-state index contributed by atoms with van der Waals surface area (Å²) in [5, 5.41) is 0. The molecule has 2 aliphatic rings. The molecule has 0 bridgehead atoms. The van der Waals surface area contributed by atoms with E-state index in [4.69, 9.17) is 19.9 Å². The van der Waals surface area contributed by atoms with Gasteiger partial charge in [0.15, 0.2) is 17.6 Å². The summed E-state index contributed by atoms with van der Waals surface area (Å²) in [5.41, 5.74) is 5.68. The Morgan fingerprint density at radius 2 is 1.77 bits per heavy atom. The summed E-state index contributed by atoms with van der Waals surface area (Å²) in [7, 11) is -3.97. The number of carbonyl (C=O) groups is 1. The number of amides is 1. The molecule has 2 aromatic carbocycles. The van der Waals surface area contributed by atoms with Gasteiger partial charge in [0.05, 0.1) is 17.1 Å². The smallest absolute Gasteiger partial charge is 0.264 e. The molecule has 26 heavy (non-hydrogen) atoms. The molecule has 2 aromatic rings. The highest BCUT2D eigenvalue weighted by atomic mass is 32.2. The Bertz CT molecular complexity index is 975. The standard InChI is InChI=1S/C17H16N2O6S/c18-17(20)16-10-19(12-3-1-2-4-13(12)25-16)26(21,22)11-5-6-14-15(9-11)24-8-7-23-14/h1-6,9,16H,7-8,10H2,(H2,18,20). The SMILES string of the molecule is NC(=O)C1CN(S(=O)(=O)c2ccc3c(c2)OCCO3)c2ccccc2O1. The van der Waals surface area contributed by atoms with E-state index in [0.717, 1.165) is 4.31 Å². The molecule has 0 radical (unpaired) electrons. The molecule has 1 atom stereocenters. The van der Waals surface area contributed by atoms with Gasteiger partial charge in [-0.25, -0.2) is 8.42 Å². The Morgan fingerprint density at radius 3 is 2.54 bits per heavy atom. The molecule has 136 valence electrons. The van der Waals surface area contributed by atoms with Crippen molar-refractivity contribution in [2.24, 2.45) is 5.73 Å². The fourth-order valence-electron chi connectivity index (χ4n) is 2.89. The molecule has 2 heterocycles. The van der Waals surface area contributed by atoms with Crippen LogP contribution in [0.1, 0.15) is 0 Å². The number of para-hydroxylation sites is 2. The van der Waals surface area contributed by atoms with Gasteiger partial charge in [-0.2, -0.15) is 0 Å². The Morgan fingerprint density at radius 1 is 1.04 bits per heavy atom. The van der Waals surface area contributed by atoms with Gasteiger partial charge in [0, 0.05) is 6.07 Å². The van der Waals surface area contributed by atoms with E-state index in [1.54, 1.807) is 30.3 Å². The summed E-state index contributed by atoms with van der Waals surface area (Å²) in [6.07, 6.45) is -1.07. The first-order chi connectivity index (χ1) is 12.5. The second-order valence-corrected chi connectivity index (χ2v) is 7.68. The van der Waals surface area contributed by atoms with Crippen molar-refractivity contribution in [2.45, 2.75) is 11.0 Å². The lowest BCUT2D eigenvalue weighted by Gasteiger charge is -2.34. The van der Waals surface area contributed by atoms with Crippen molar-refractivity contribution in [3.05, 3.63) is 42.5 Å². The van der Waals surface area contributed by atoms with Crippen molar-refractivity contribution in [2.75, 3.05) is 24.1 Å². The third kappa shape index (κ3) is 2.70. The third-order valence-electron chi connectivity index (χ3n) is 4.15. The second-order valence-electron chi connectivity index (χ2n) is 5.82. The number of fused-ring (bicyclic) bond motifs is 2. The van der Waals surface area contributed by atoms with Crippen molar-refractivity contribution < 1.29 is 27.4 Å². The predicted octanol–water partition coefficient (Wildman–Crippen LogP) is 0.899. The van der Waals surface area contributed by atoms with Crippen LogP contribution in [0.3, 0.4) is 0 Å². The van der Waals surface area contributed by atoms with Crippen molar-refractivity contribution in [3.8, 4) is 17.2 Å². The zero-order valence-electron chi connectivity index (χ0n) is 13.6. The van der Waals surface area contributed by atoms with Crippen LogP contribution >= 0.6 is 0 Å². The van der Waals surface area contributed by atoms with E-state index in [1.165, 1.54) is 12.1 Å². The first-order valence-corrected chi connectivity index (χ1v) is 9.38. The highest BCUT2D eigenvalue weighted by Crippen LogP contribution is 2.39. The van der Waals surface area contributed by atoms with E-state index in [1.807, 2.05) is 0 Å². The van der Waals surface area contributed by atoms with E-state index >= 15 is 0 Å². The van der Waals surface area contributed by atoms with Crippen molar-refractivity contribution in [1.29, 1.82) is 0 Å². The first kappa shape index (κ1) is 16.5. The van der Waals surface area contributed by atoms with E-state index in [9.17, 15) is 13.2 Å². The quantitative estimate of drug-likeness (QED) is 0.853. The fraction of sp³-hybridized carbons (Fsp3) is 0.235. The number of anilines is 1. The zero-order chi connectivity index (χ0) is 18.3. The molecule has 4 rings (SSSR count). The molecule has 2 aliphatic heterocycles. The van der Waals surface area contributed by atoms with Gasteiger partial charge in [0.25, 0.3) is 15.9 Å². The van der Waals surface area contributed by atoms with E-state index in [2.05, 4.69) is 0 Å². The molecular formula is C17H16N2O6S. The molecule has 1 unspecified atom stereocenters. The van der Waals surface area contributed by atoms with Gasteiger partial charge in [-0.3, -0.25) is 9.10 Å². The predicted molar refractivity (Wildman–Crippen MR) is 92.0 cm³/mol. The van der Waals surface area contributed by atoms with Crippen molar-refractivity contribution in [3.63, 3.8) is 0 Å². The summed E-state index contributed by atoms with van der Waals surface area (Å²) in [6, 6.07) is 11.0. The molecule has 1 amide bonds. The number of hydrogen-bond donors (Lipinski definition) is 1. The number of sulfonamides is 1. The van der Waals surface area contributed by atoms with Gasteiger partial charge in [0.2, 0.25) is 0 Å². The number of primary amides is 1. The fourth-order valence-corrected chi connectivity index (χ4v) is 4.38. The van der Waals surface area contributed by atoms with E-state index in [0.29, 0.717) is 30.4 Å². The minimum absolute atomic E-state index is 0.0293. The molecule has 0 fully saturated rings. The maximum Gasteiger partial charge on any atom is 0.264 e. The van der Waals surface area contributed by atoms with Crippen LogP contribution in [0.25, 0.3) is 0 Å². The molecule has 0 aromatic heterocycles. The molecule has 0 saturated carbocycles. The summed E-state index contributed by atoms with van der Waals surface area (Å²) < 4.78 is 44.0. The molecule has 2 N–H and O–H groups in total. The topological polar surface area (TPSA) is 108 Å². The molecule has 0 aliphatic carbocycles. The first-order valence-electron chi connectivity index (χ1n) is 7.94. The number of nitrogens with zero attached hydrogens (tertiary/aromatic N) is 1. The summed E-state index contributed by atoms with van der Waals surface area (Å²) in [4.78, 5) is 11.6. The highest BCUT2D eigenvalue weighted by Gasteiger charge is 2.37. The van der Waals surface area contributed by atoms with Gasteiger partial charge < -0.3 is 19.9 Å². The Hall–Kier alpha value is -2.94. The largest absolute Gasteiger partial charge is 0.486 e. The van der Waals surface area contributed by atoms with Gasteiger partial charge in [-0.05, 0) is 24.3 Å². The van der Waals surface area contributed by atoms with Crippen LogP contribution in [0, 0.1) is 0 Å². The maximum atomic E-state index is 13.2. The average Bonchev–Trinajstić information content (AvgIpc) is 2.66. The lowest BCUT2D eigenvalue weighted by Crippen LogP contribution is -2.49. The number of rotatable bonds is 3. The number of carbonyl (C=O) groups excluding carboxylic acids is 1. The molecule has 9 heteroatoms. The van der Waals surface area contributed by atoms with Crippen LogP contribution < -0.4 is 24.2 Å². The minimum atomic E-state index is -3.97. The van der Waals surface area contributed by atoms with Crippen LogP contribution in [0.2, 0.25) is 0 Å². The van der Waals surface area contributed by atoms with Crippen LogP contribution in [0.5, 0.6) is 17.2 Å². The number of ether oxygens (including phenoxy) is 3. The van der Waals surface area contributed by atoms with Gasteiger partial charge >= 0.3 is 0 Å². The van der Waals surface area contributed by atoms with Crippen LogP contribution in [-0.4, -0.2) is 40.2 Å². The summed E-state index contributed by atoms with van der Waals surface area (Å²) in [5.74, 6) is 0.406. The van der Waals surface area contributed by atoms with E-state index in [-0.39, 0.29) is 17.2 Å². The minimum Gasteiger partial charge on any atom is -0.486 e. The zero-order valence-corrected chi connectivity index (χ0v) is 14.4. The molecular weight excluding hydrogens is 360 g/mol. The monoisotopic (exact) mass is 376 g/mol. The molecule has 8 nitrogen and oxygen atoms in total. The molecule has 0 spiro atoms.